The van der Waals surface area contributed by atoms with E-state index in [0.29, 0.717) is 0 Å². The zero-order chi connectivity index (χ0) is 13.2. The predicted molar refractivity (Wildman–Crippen MR) is 80.2 cm³/mol. The summed E-state index contributed by atoms with van der Waals surface area (Å²) in [7, 11) is 0. The molecule has 1 aromatic heterocycles. The third-order valence-corrected chi connectivity index (χ3v) is 4.04. The number of hydrogen-bond acceptors (Lipinski definition) is 3. The zero-order valence-corrected chi connectivity index (χ0v) is 12.3. The molecule has 1 aliphatic heterocycles. The maximum absolute atomic E-state index is 5.61. The van der Waals surface area contributed by atoms with Gasteiger partial charge in [-0.15, -0.1) is 0 Å². The summed E-state index contributed by atoms with van der Waals surface area (Å²) >= 11 is 3.46. The fraction of sp³-hybridized carbons (Fsp3) is 0.267. The third kappa shape index (κ3) is 2.73. The minimum Gasteiger partial charge on any atom is -0.493 e. The van der Waals surface area contributed by atoms with Gasteiger partial charge in [-0.05, 0) is 71.6 Å². The van der Waals surface area contributed by atoms with E-state index in [9.17, 15) is 0 Å². The van der Waals surface area contributed by atoms with E-state index in [-0.39, 0.29) is 0 Å². The number of fused-ring (bicyclic) bond motifs is 1. The lowest BCUT2D eigenvalue weighted by atomic mass is 10.1. The minimum atomic E-state index is 0.827. The molecule has 0 saturated carbocycles. The molecule has 19 heavy (non-hydrogen) atoms. The first kappa shape index (κ1) is 12.5. The summed E-state index contributed by atoms with van der Waals surface area (Å²) in [6.45, 7) is 2.81. The van der Waals surface area contributed by atoms with Gasteiger partial charge in [-0.3, -0.25) is 0 Å². The molecule has 2 aromatic rings. The lowest BCUT2D eigenvalue weighted by Crippen LogP contribution is -2.08. The molecule has 4 heteroatoms. The van der Waals surface area contributed by atoms with Gasteiger partial charge in [0.15, 0.2) is 0 Å². The second-order valence-electron chi connectivity index (χ2n) is 4.66. The molecule has 0 radical (unpaired) electrons. The molecule has 0 fully saturated rings. The molecule has 98 valence electrons. The van der Waals surface area contributed by atoms with Gasteiger partial charge in [-0.25, -0.2) is 4.98 Å². The van der Waals surface area contributed by atoms with Crippen molar-refractivity contribution in [3.8, 4) is 5.75 Å². The van der Waals surface area contributed by atoms with Crippen molar-refractivity contribution in [1.29, 1.82) is 0 Å². The Balaban J connectivity index is 1.84. The van der Waals surface area contributed by atoms with E-state index in [1.54, 1.807) is 0 Å². The highest BCUT2D eigenvalue weighted by molar-refractivity contribution is 9.10. The number of nitrogens with one attached hydrogen (secondary N) is 1. The molecular weight excluding hydrogens is 304 g/mol. The quantitative estimate of drug-likeness (QED) is 0.900. The highest BCUT2D eigenvalue weighted by atomic mass is 79.9. The number of nitrogens with zero attached hydrogens (tertiary/aromatic N) is 1. The number of hydrogen-bond donors (Lipinski definition) is 1. The summed E-state index contributed by atoms with van der Waals surface area (Å²) in [5.74, 6) is 1.87. The fourth-order valence-corrected chi connectivity index (χ4v) is 2.42. The first-order valence-corrected chi connectivity index (χ1v) is 7.17. The first-order chi connectivity index (χ1) is 9.22. The lowest BCUT2D eigenvalue weighted by Gasteiger charge is -2.18. The topological polar surface area (TPSA) is 34.2 Å². The number of halogens is 1. The van der Waals surface area contributed by atoms with Crippen molar-refractivity contribution >= 4 is 27.4 Å². The van der Waals surface area contributed by atoms with E-state index >= 15 is 0 Å². The second-order valence-corrected chi connectivity index (χ2v) is 5.52. The van der Waals surface area contributed by atoms with Crippen LogP contribution in [0.15, 0.2) is 34.8 Å². The fourth-order valence-electron chi connectivity index (χ4n) is 2.20. The number of aryl methyl sites for hydroxylation is 2. The van der Waals surface area contributed by atoms with Crippen LogP contribution in [0.3, 0.4) is 0 Å². The minimum absolute atomic E-state index is 0.827. The maximum Gasteiger partial charge on any atom is 0.130 e. The van der Waals surface area contributed by atoms with Crippen LogP contribution in [-0.4, -0.2) is 11.6 Å². The van der Waals surface area contributed by atoms with Crippen LogP contribution in [0.2, 0.25) is 0 Å². The first-order valence-electron chi connectivity index (χ1n) is 6.38. The van der Waals surface area contributed by atoms with Gasteiger partial charge >= 0.3 is 0 Å². The number of pyridine rings is 1. The van der Waals surface area contributed by atoms with Crippen LogP contribution in [0, 0.1) is 6.92 Å². The summed E-state index contributed by atoms with van der Waals surface area (Å²) in [4.78, 5) is 4.49. The molecular formula is C15H15BrN2O. The molecule has 2 heterocycles. The summed E-state index contributed by atoms with van der Waals surface area (Å²) < 4.78 is 6.64. The van der Waals surface area contributed by atoms with Crippen LogP contribution < -0.4 is 10.1 Å². The Morgan fingerprint density at radius 1 is 1.26 bits per heavy atom. The van der Waals surface area contributed by atoms with Crippen LogP contribution in [0.4, 0.5) is 11.5 Å². The zero-order valence-electron chi connectivity index (χ0n) is 10.7. The van der Waals surface area contributed by atoms with E-state index < -0.39 is 0 Å². The van der Waals surface area contributed by atoms with Crippen LogP contribution in [0.1, 0.15) is 17.7 Å². The molecule has 0 atom stereocenters. The van der Waals surface area contributed by atoms with Crippen molar-refractivity contribution < 1.29 is 4.74 Å². The predicted octanol–water partition coefficient (Wildman–Crippen LogP) is 4.22. The molecule has 0 amide bonds. The Bertz CT molecular complexity index is 613. The highest BCUT2D eigenvalue weighted by Gasteiger charge is 2.10. The van der Waals surface area contributed by atoms with Crippen molar-refractivity contribution in [3.63, 3.8) is 0 Å². The Morgan fingerprint density at radius 2 is 2.16 bits per heavy atom. The van der Waals surface area contributed by atoms with Crippen LogP contribution in [0.25, 0.3) is 0 Å². The second kappa shape index (κ2) is 5.21. The Morgan fingerprint density at radius 3 is 3.00 bits per heavy atom. The Labute approximate surface area is 121 Å². The molecule has 0 aliphatic carbocycles. The van der Waals surface area contributed by atoms with Crippen molar-refractivity contribution in [2.45, 2.75) is 19.8 Å². The van der Waals surface area contributed by atoms with E-state index in [4.69, 9.17) is 4.74 Å². The van der Waals surface area contributed by atoms with Gasteiger partial charge in [0.1, 0.15) is 11.6 Å². The van der Waals surface area contributed by atoms with Gasteiger partial charge < -0.3 is 10.1 Å². The van der Waals surface area contributed by atoms with Crippen molar-refractivity contribution in [1.82, 2.24) is 4.98 Å². The number of anilines is 2. The third-order valence-electron chi connectivity index (χ3n) is 3.20. The van der Waals surface area contributed by atoms with E-state index in [0.717, 1.165) is 46.9 Å². The summed E-state index contributed by atoms with van der Waals surface area (Å²) in [6.07, 6.45) is 2.17. The number of aromatic nitrogens is 1. The normalized spacial score (nSPS) is 13.6. The van der Waals surface area contributed by atoms with Crippen molar-refractivity contribution in [2.24, 2.45) is 0 Å². The SMILES string of the molecule is Cc1nc(Nc2ccc3c(c2)CCCO3)ccc1Br. The van der Waals surface area contributed by atoms with Crippen molar-refractivity contribution in [2.75, 3.05) is 11.9 Å². The average Bonchev–Trinajstić information content (AvgIpc) is 2.43. The molecule has 1 aromatic carbocycles. The van der Waals surface area contributed by atoms with Gasteiger partial charge in [0.2, 0.25) is 0 Å². The molecule has 0 unspecified atom stereocenters. The molecule has 0 saturated heterocycles. The largest absolute Gasteiger partial charge is 0.493 e. The molecule has 3 nitrogen and oxygen atoms in total. The lowest BCUT2D eigenvalue weighted by molar-refractivity contribution is 0.288. The van der Waals surface area contributed by atoms with Gasteiger partial charge in [-0.1, -0.05) is 0 Å². The van der Waals surface area contributed by atoms with Gasteiger partial charge in [0, 0.05) is 10.2 Å². The molecule has 0 spiro atoms. The summed E-state index contributed by atoms with van der Waals surface area (Å²) in [5, 5.41) is 3.33. The van der Waals surface area contributed by atoms with Crippen LogP contribution in [-0.2, 0) is 6.42 Å². The van der Waals surface area contributed by atoms with E-state index in [1.165, 1.54) is 5.56 Å². The highest BCUT2D eigenvalue weighted by Crippen LogP contribution is 2.29. The van der Waals surface area contributed by atoms with Gasteiger partial charge in [-0.2, -0.15) is 0 Å². The molecule has 1 N–H and O–H groups in total. The average molecular weight is 319 g/mol. The summed E-state index contributed by atoms with van der Waals surface area (Å²) in [6, 6.07) is 10.2. The van der Waals surface area contributed by atoms with E-state index in [2.05, 4.69) is 32.3 Å². The van der Waals surface area contributed by atoms with Gasteiger partial charge in [0.05, 0.1) is 12.3 Å². The summed E-state index contributed by atoms with van der Waals surface area (Å²) in [5.41, 5.74) is 3.30. The monoisotopic (exact) mass is 318 g/mol. The molecule has 1 aliphatic rings. The Hall–Kier alpha value is -1.55. The maximum atomic E-state index is 5.61. The van der Waals surface area contributed by atoms with Crippen LogP contribution in [0.5, 0.6) is 5.75 Å². The molecule has 0 bridgehead atoms. The standard InChI is InChI=1S/C15H15BrN2O/c1-10-13(16)5-7-15(17-10)18-12-4-6-14-11(9-12)3-2-8-19-14/h4-7,9H,2-3,8H2,1H3,(H,17,18). The van der Waals surface area contributed by atoms with Crippen LogP contribution >= 0.6 is 15.9 Å². The number of ether oxygens (including phenoxy) is 1. The van der Waals surface area contributed by atoms with Gasteiger partial charge in [0.25, 0.3) is 0 Å². The number of rotatable bonds is 2. The Kier molecular flexibility index (Phi) is 3.42. The number of benzene rings is 1. The smallest absolute Gasteiger partial charge is 0.130 e. The molecule has 3 rings (SSSR count). The van der Waals surface area contributed by atoms with E-state index in [1.807, 2.05) is 31.2 Å². The van der Waals surface area contributed by atoms with Crippen molar-refractivity contribution in [3.05, 3.63) is 46.1 Å².